The first-order chi connectivity index (χ1) is 10.2. The molecule has 1 saturated heterocycles. The van der Waals surface area contributed by atoms with Gasteiger partial charge in [-0.15, -0.1) is 0 Å². The molecule has 0 saturated carbocycles. The van der Waals surface area contributed by atoms with Crippen molar-refractivity contribution in [2.24, 2.45) is 5.92 Å². The van der Waals surface area contributed by atoms with Gasteiger partial charge in [-0.25, -0.2) is 0 Å². The average molecular weight is 290 g/mol. The van der Waals surface area contributed by atoms with Crippen LogP contribution in [0.15, 0.2) is 12.1 Å². The number of rotatable bonds is 6. The molecule has 2 nitrogen and oxygen atoms in total. The Morgan fingerprint density at radius 1 is 1.10 bits per heavy atom. The van der Waals surface area contributed by atoms with Crippen LogP contribution in [0.4, 0.5) is 0 Å². The number of ether oxygens (including phenoxy) is 1. The van der Waals surface area contributed by atoms with Crippen molar-refractivity contribution in [2.45, 2.75) is 72.0 Å². The van der Waals surface area contributed by atoms with E-state index < -0.39 is 0 Å². The second-order valence-corrected chi connectivity index (χ2v) is 6.10. The molecule has 21 heavy (non-hydrogen) atoms. The van der Waals surface area contributed by atoms with Crippen LogP contribution in [0, 0.1) is 5.92 Å². The Hall–Kier alpha value is -0.860. The summed E-state index contributed by atoms with van der Waals surface area (Å²) in [5, 5.41) is 11.0. The molecule has 1 heterocycles. The average Bonchev–Trinajstić information content (AvgIpc) is 3.01. The summed E-state index contributed by atoms with van der Waals surface area (Å²) in [6.45, 7) is 9.51. The van der Waals surface area contributed by atoms with E-state index in [-0.39, 0.29) is 18.1 Å². The third kappa shape index (κ3) is 3.32. The molecule has 0 spiro atoms. The predicted molar refractivity (Wildman–Crippen MR) is 87.7 cm³/mol. The second-order valence-electron chi connectivity index (χ2n) is 6.10. The van der Waals surface area contributed by atoms with Crippen molar-refractivity contribution in [3.05, 3.63) is 34.4 Å². The summed E-state index contributed by atoms with van der Waals surface area (Å²) >= 11 is 0. The van der Waals surface area contributed by atoms with Gasteiger partial charge in [-0.2, -0.15) is 0 Å². The van der Waals surface area contributed by atoms with Crippen LogP contribution in [0.5, 0.6) is 0 Å². The normalized spacial score (nSPS) is 23.5. The van der Waals surface area contributed by atoms with Crippen molar-refractivity contribution in [3.8, 4) is 0 Å². The fraction of sp³-hybridized carbons (Fsp3) is 0.684. The molecular formula is C19H30O2. The molecule has 2 rings (SSSR count). The van der Waals surface area contributed by atoms with Gasteiger partial charge in [-0.1, -0.05) is 39.8 Å². The zero-order chi connectivity index (χ0) is 15.4. The van der Waals surface area contributed by atoms with Gasteiger partial charge in [-0.05, 0) is 54.4 Å². The number of aliphatic hydroxyl groups excluding tert-OH is 1. The van der Waals surface area contributed by atoms with Crippen molar-refractivity contribution < 1.29 is 9.84 Å². The Morgan fingerprint density at radius 2 is 1.71 bits per heavy atom. The van der Waals surface area contributed by atoms with Crippen molar-refractivity contribution in [3.63, 3.8) is 0 Å². The van der Waals surface area contributed by atoms with Crippen molar-refractivity contribution >= 4 is 0 Å². The molecule has 2 heteroatoms. The van der Waals surface area contributed by atoms with Gasteiger partial charge in [0.05, 0.1) is 12.2 Å². The Morgan fingerprint density at radius 3 is 2.19 bits per heavy atom. The lowest BCUT2D eigenvalue weighted by molar-refractivity contribution is 0.0300. The van der Waals surface area contributed by atoms with E-state index in [9.17, 15) is 5.11 Å². The topological polar surface area (TPSA) is 29.5 Å². The SMILES string of the molecule is CCc1cc(CC)c(C(O)C2CCOC2CC)c(CC)c1. The largest absolute Gasteiger partial charge is 0.388 e. The van der Waals surface area contributed by atoms with E-state index in [1.165, 1.54) is 22.3 Å². The maximum atomic E-state index is 11.0. The third-order valence-corrected chi connectivity index (χ3v) is 4.95. The van der Waals surface area contributed by atoms with Crippen LogP contribution in [-0.2, 0) is 24.0 Å². The quantitative estimate of drug-likeness (QED) is 0.850. The van der Waals surface area contributed by atoms with E-state index in [0.717, 1.165) is 38.7 Å². The van der Waals surface area contributed by atoms with Crippen molar-refractivity contribution in [2.75, 3.05) is 6.61 Å². The van der Waals surface area contributed by atoms with Crippen molar-refractivity contribution in [1.29, 1.82) is 0 Å². The summed E-state index contributed by atoms with van der Waals surface area (Å²) in [4.78, 5) is 0. The van der Waals surface area contributed by atoms with E-state index in [0.29, 0.717) is 0 Å². The Bertz CT molecular complexity index is 442. The monoisotopic (exact) mass is 290 g/mol. The van der Waals surface area contributed by atoms with Crippen LogP contribution in [0.25, 0.3) is 0 Å². The minimum absolute atomic E-state index is 0.209. The lowest BCUT2D eigenvalue weighted by Gasteiger charge is -2.27. The highest BCUT2D eigenvalue weighted by atomic mass is 16.5. The lowest BCUT2D eigenvalue weighted by atomic mass is 9.82. The molecule has 1 aliphatic rings. The first kappa shape index (κ1) is 16.5. The molecule has 1 fully saturated rings. The highest BCUT2D eigenvalue weighted by Crippen LogP contribution is 2.38. The first-order valence-corrected chi connectivity index (χ1v) is 8.60. The molecular weight excluding hydrogens is 260 g/mol. The van der Waals surface area contributed by atoms with E-state index >= 15 is 0 Å². The molecule has 118 valence electrons. The summed E-state index contributed by atoms with van der Waals surface area (Å²) in [6, 6.07) is 4.57. The van der Waals surface area contributed by atoms with Crippen LogP contribution in [-0.4, -0.2) is 17.8 Å². The molecule has 1 aromatic rings. The van der Waals surface area contributed by atoms with Crippen LogP contribution < -0.4 is 0 Å². The predicted octanol–water partition coefficient (Wildman–Crippen LogP) is 4.22. The van der Waals surface area contributed by atoms with Gasteiger partial charge in [0.25, 0.3) is 0 Å². The van der Waals surface area contributed by atoms with Crippen molar-refractivity contribution in [1.82, 2.24) is 0 Å². The molecule has 0 aromatic heterocycles. The van der Waals surface area contributed by atoms with E-state index in [1.807, 2.05) is 0 Å². The summed E-state index contributed by atoms with van der Waals surface area (Å²) < 4.78 is 5.79. The minimum Gasteiger partial charge on any atom is -0.388 e. The molecule has 3 atom stereocenters. The molecule has 1 aliphatic heterocycles. The highest BCUT2D eigenvalue weighted by molar-refractivity contribution is 5.41. The maximum absolute atomic E-state index is 11.0. The number of aliphatic hydroxyl groups is 1. The van der Waals surface area contributed by atoms with Gasteiger partial charge < -0.3 is 9.84 Å². The number of aryl methyl sites for hydroxylation is 3. The molecule has 0 amide bonds. The number of hydrogen-bond acceptors (Lipinski definition) is 2. The van der Waals surface area contributed by atoms with E-state index in [2.05, 4.69) is 39.8 Å². The fourth-order valence-corrected chi connectivity index (χ4v) is 3.68. The molecule has 3 unspecified atom stereocenters. The third-order valence-electron chi connectivity index (χ3n) is 4.95. The standard InChI is InChI=1S/C19H30O2/c1-5-13-11-14(6-2)18(15(7-3)12-13)19(20)16-9-10-21-17(16)8-4/h11-12,16-17,19-20H,5-10H2,1-4H3. The molecule has 1 N–H and O–H groups in total. The van der Waals surface area contributed by atoms with Crippen LogP contribution in [0.3, 0.4) is 0 Å². The Kier molecular flexibility index (Phi) is 5.83. The summed E-state index contributed by atoms with van der Waals surface area (Å²) in [6.07, 6.45) is 4.81. The summed E-state index contributed by atoms with van der Waals surface area (Å²) in [5.41, 5.74) is 5.21. The number of hydrogen-bond donors (Lipinski definition) is 1. The molecule has 0 bridgehead atoms. The summed E-state index contributed by atoms with van der Waals surface area (Å²) in [5.74, 6) is 0.248. The van der Waals surface area contributed by atoms with Gasteiger partial charge in [-0.3, -0.25) is 0 Å². The minimum atomic E-state index is -0.381. The maximum Gasteiger partial charge on any atom is 0.0849 e. The Balaban J connectivity index is 2.41. The lowest BCUT2D eigenvalue weighted by Crippen LogP contribution is -2.24. The highest BCUT2D eigenvalue weighted by Gasteiger charge is 2.35. The summed E-state index contributed by atoms with van der Waals surface area (Å²) in [7, 11) is 0. The zero-order valence-electron chi connectivity index (χ0n) is 14.0. The van der Waals surface area contributed by atoms with E-state index in [4.69, 9.17) is 4.74 Å². The number of benzene rings is 1. The second kappa shape index (κ2) is 7.42. The fourth-order valence-electron chi connectivity index (χ4n) is 3.68. The van der Waals surface area contributed by atoms with Gasteiger partial charge in [0.15, 0.2) is 0 Å². The van der Waals surface area contributed by atoms with Gasteiger partial charge >= 0.3 is 0 Å². The van der Waals surface area contributed by atoms with Gasteiger partial charge in [0.2, 0.25) is 0 Å². The molecule has 0 aliphatic carbocycles. The van der Waals surface area contributed by atoms with Crippen LogP contribution in [0.2, 0.25) is 0 Å². The van der Waals surface area contributed by atoms with Gasteiger partial charge in [0.1, 0.15) is 0 Å². The van der Waals surface area contributed by atoms with Gasteiger partial charge in [0, 0.05) is 12.5 Å². The van der Waals surface area contributed by atoms with Crippen LogP contribution >= 0.6 is 0 Å². The molecule has 0 radical (unpaired) electrons. The zero-order valence-corrected chi connectivity index (χ0v) is 14.0. The van der Waals surface area contributed by atoms with Crippen LogP contribution in [0.1, 0.15) is 68.9 Å². The van der Waals surface area contributed by atoms with E-state index in [1.54, 1.807) is 0 Å². The smallest absolute Gasteiger partial charge is 0.0849 e. The molecule has 1 aromatic carbocycles. The first-order valence-electron chi connectivity index (χ1n) is 8.60. The Labute approximate surface area is 129 Å².